The van der Waals surface area contributed by atoms with Gasteiger partial charge in [0.05, 0.1) is 5.52 Å². The Morgan fingerprint density at radius 3 is 2.56 bits per heavy atom. The fourth-order valence-electron chi connectivity index (χ4n) is 3.83. The summed E-state index contributed by atoms with van der Waals surface area (Å²) >= 11 is 1.70. The van der Waals surface area contributed by atoms with Crippen molar-refractivity contribution >= 4 is 28.3 Å². The van der Waals surface area contributed by atoms with Gasteiger partial charge in [-0.25, -0.2) is 9.97 Å². The Kier molecular flexibility index (Phi) is 4.88. The van der Waals surface area contributed by atoms with Crippen molar-refractivity contribution < 1.29 is 9.47 Å². The van der Waals surface area contributed by atoms with Crippen molar-refractivity contribution in [1.82, 2.24) is 19.6 Å². The maximum atomic E-state index is 5.74. The number of benzene rings is 3. The fourth-order valence-corrected chi connectivity index (χ4v) is 4.77. The summed E-state index contributed by atoms with van der Waals surface area (Å²) < 4.78 is 13.3. The molecule has 0 spiro atoms. The van der Waals surface area contributed by atoms with Crippen LogP contribution in [0.25, 0.3) is 27.9 Å². The van der Waals surface area contributed by atoms with E-state index in [-0.39, 0.29) is 0 Å². The first-order valence-electron chi connectivity index (χ1n) is 10.6. The van der Waals surface area contributed by atoms with Gasteiger partial charge in [0.1, 0.15) is 13.2 Å². The molecule has 158 valence electrons. The number of rotatable bonds is 5. The number of hydrogen-bond donors (Lipinski definition) is 0. The first-order valence-corrected chi connectivity index (χ1v) is 11.6. The highest BCUT2D eigenvalue weighted by atomic mass is 32.2. The lowest BCUT2D eigenvalue weighted by Gasteiger charge is -2.18. The number of para-hydroxylation sites is 1. The van der Waals surface area contributed by atoms with E-state index in [2.05, 4.69) is 24.3 Å². The summed E-state index contributed by atoms with van der Waals surface area (Å²) in [7, 11) is 0. The monoisotopic (exact) mass is 440 g/mol. The molecule has 3 aromatic carbocycles. The molecule has 0 saturated carbocycles. The van der Waals surface area contributed by atoms with E-state index < -0.39 is 0 Å². The van der Waals surface area contributed by atoms with Crippen LogP contribution >= 0.6 is 11.8 Å². The average Bonchev–Trinajstić information content (AvgIpc) is 3.31. The van der Waals surface area contributed by atoms with Gasteiger partial charge in [-0.1, -0.05) is 54.2 Å². The van der Waals surface area contributed by atoms with Crippen LogP contribution in [0.2, 0.25) is 0 Å². The maximum Gasteiger partial charge on any atom is 0.191 e. The fraction of sp³-hybridized carbons (Fsp3) is 0.160. The van der Waals surface area contributed by atoms with Gasteiger partial charge in [0.25, 0.3) is 0 Å². The molecule has 0 bridgehead atoms. The van der Waals surface area contributed by atoms with Crippen molar-refractivity contribution in [2.75, 3.05) is 19.0 Å². The van der Waals surface area contributed by atoms with E-state index in [9.17, 15) is 0 Å². The Hall–Kier alpha value is -3.58. The zero-order valence-corrected chi connectivity index (χ0v) is 18.1. The van der Waals surface area contributed by atoms with Gasteiger partial charge in [-0.05, 0) is 42.3 Å². The van der Waals surface area contributed by atoms with Gasteiger partial charge >= 0.3 is 0 Å². The summed E-state index contributed by atoms with van der Waals surface area (Å²) in [5.41, 5.74) is 3.93. The van der Waals surface area contributed by atoms with Crippen LogP contribution in [-0.4, -0.2) is 38.5 Å². The minimum absolute atomic E-state index is 0.547. The first-order chi connectivity index (χ1) is 15.8. The number of nitrogens with zero attached hydrogens (tertiary/aromatic N) is 4. The van der Waals surface area contributed by atoms with Crippen molar-refractivity contribution in [3.63, 3.8) is 0 Å². The molecule has 6 nitrogen and oxygen atoms in total. The predicted molar refractivity (Wildman–Crippen MR) is 126 cm³/mol. The zero-order chi connectivity index (χ0) is 21.3. The molecule has 5 aromatic rings. The molecule has 7 heteroatoms. The standard InChI is InChI=1S/C25H20N4O2S/c1-2-6-17(7-3-1)12-15-32-25-26-20-9-5-4-8-19(20)24-27-23(28-29(24)25)18-10-11-21-22(16-18)31-14-13-30-21/h1-11,16H,12-15H2. The van der Waals surface area contributed by atoms with E-state index in [1.54, 1.807) is 11.8 Å². The Balaban J connectivity index is 1.40. The van der Waals surface area contributed by atoms with Gasteiger partial charge in [-0.15, -0.1) is 5.10 Å². The van der Waals surface area contributed by atoms with Crippen molar-refractivity contribution in [2.45, 2.75) is 11.6 Å². The molecule has 1 aliphatic rings. The molecule has 32 heavy (non-hydrogen) atoms. The van der Waals surface area contributed by atoms with Gasteiger partial charge in [-0.2, -0.15) is 4.52 Å². The van der Waals surface area contributed by atoms with Crippen molar-refractivity contribution in [3.8, 4) is 22.9 Å². The Bertz CT molecular complexity index is 1420. The predicted octanol–water partition coefficient (Wildman–Crippen LogP) is 5.05. The van der Waals surface area contributed by atoms with Gasteiger partial charge in [-0.3, -0.25) is 0 Å². The van der Waals surface area contributed by atoms with Crippen LogP contribution in [0, 0.1) is 0 Å². The molecule has 0 fully saturated rings. The third-order valence-corrected chi connectivity index (χ3v) is 6.35. The Morgan fingerprint density at radius 1 is 0.844 bits per heavy atom. The van der Waals surface area contributed by atoms with Crippen molar-refractivity contribution in [2.24, 2.45) is 0 Å². The molecule has 6 rings (SSSR count). The van der Waals surface area contributed by atoms with Crippen LogP contribution in [0.4, 0.5) is 0 Å². The highest BCUT2D eigenvalue weighted by molar-refractivity contribution is 7.99. The highest BCUT2D eigenvalue weighted by Gasteiger charge is 2.18. The van der Waals surface area contributed by atoms with Crippen LogP contribution in [-0.2, 0) is 6.42 Å². The van der Waals surface area contributed by atoms with Crippen molar-refractivity contribution in [1.29, 1.82) is 0 Å². The molecule has 0 saturated heterocycles. The highest BCUT2D eigenvalue weighted by Crippen LogP contribution is 2.34. The third kappa shape index (κ3) is 3.54. The van der Waals surface area contributed by atoms with E-state index in [0.717, 1.165) is 50.9 Å². The van der Waals surface area contributed by atoms with Crippen LogP contribution in [0.3, 0.4) is 0 Å². The van der Waals surface area contributed by atoms with Gasteiger partial charge in [0.2, 0.25) is 0 Å². The Morgan fingerprint density at radius 2 is 1.66 bits per heavy atom. The maximum absolute atomic E-state index is 5.74. The number of ether oxygens (including phenoxy) is 2. The van der Waals surface area contributed by atoms with Gasteiger partial charge in [0, 0.05) is 16.7 Å². The molecule has 0 unspecified atom stereocenters. The molecule has 1 aliphatic heterocycles. The summed E-state index contributed by atoms with van der Waals surface area (Å²) in [6.07, 6.45) is 0.964. The van der Waals surface area contributed by atoms with Crippen LogP contribution in [0.15, 0.2) is 78.0 Å². The zero-order valence-electron chi connectivity index (χ0n) is 17.3. The quantitative estimate of drug-likeness (QED) is 0.282. The second kappa shape index (κ2) is 8.16. The second-order valence-corrected chi connectivity index (χ2v) is 8.59. The van der Waals surface area contributed by atoms with E-state index in [4.69, 9.17) is 24.5 Å². The molecule has 0 aliphatic carbocycles. The summed E-state index contributed by atoms with van der Waals surface area (Å²) in [6, 6.07) is 24.4. The van der Waals surface area contributed by atoms with Crippen LogP contribution in [0.5, 0.6) is 11.5 Å². The number of thioether (sulfide) groups is 1. The van der Waals surface area contributed by atoms with E-state index in [1.165, 1.54) is 5.56 Å². The number of aromatic nitrogens is 4. The van der Waals surface area contributed by atoms with Crippen LogP contribution < -0.4 is 9.47 Å². The second-order valence-electron chi connectivity index (χ2n) is 7.52. The first kappa shape index (κ1) is 19.1. The third-order valence-electron chi connectivity index (χ3n) is 5.41. The summed E-state index contributed by atoms with van der Waals surface area (Å²) in [6.45, 7) is 1.12. The molecule has 0 radical (unpaired) electrons. The summed E-state index contributed by atoms with van der Waals surface area (Å²) in [5.74, 6) is 3.04. The normalized spacial score (nSPS) is 13.0. The van der Waals surface area contributed by atoms with Crippen molar-refractivity contribution in [3.05, 3.63) is 78.4 Å². The average molecular weight is 441 g/mol. The lowest BCUT2D eigenvalue weighted by atomic mass is 10.2. The molecule has 3 heterocycles. The summed E-state index contributed by atoms with van der Waals surface area (Å²) in [4.78, 5) is 9.78. The van der Waals surface area contributed by atoms with Crippen LogP contribution in [0.1, 0.15) is 5.56 Å². The number of hydrogen-bond acceptors (Lipinski definition) is 6. The number of aryl methyl sites for hydroxylation is 1. The largest absolute Gasteiger partial charge is 0.486 e. The molecule has 2 aromatic heterocycles. The smallest absolute Gasteiger partial charge is 0.191 e. The molecule has 0 amide bonds. The van der Waals surface area contributed by atoms with E-state index in [0.29, 0.717) is 19.0 Å². The molecular formula is C25H20N4O2S. The molecular weight excluding hydrogens is 420 g/mol. The molecule has 0 N–H and O–H groups in total. The minimum atomic E-state index is 0.547. The minimum Gasteiger partial charge on any atom is -0.486 e. The molecule has 0 atom stereocenters. The lowest BCUT2D eigenvalue weighted by molar-refractivity contribution is 0.171. The van der Waals surface area contributed by atoms with Gasteiger partial charge < -0.3 is 9.47 Å². The topological polar surface area (TPSA) is 61.5 Å². The van der Waals surface area contributed by atoms with E-state index >= 15 is 0 Å². The van der Waals surface area contributed by atoms with E-state index in [1.807, 2.05) is 53.0 Å². The van der Waals surface area contributed by atoms with Gasteiger partial charge in [0.15, 0.2) is 28.1 Å². The Labute approximate surface area is 189 Å². The lowest BCUT2D eigenvalue weighted by Crippen LogP contribution is -2.15. The number of fused-ring (bicyclic) bond motifs is 4. The summed E-state index contributed by atoms with van der Waals surface area (Å²) in [5, 5.41) is 6.65. The SMILES string of the molecule is c1ccc(CCSc2nc3ccccc3c3nc(-c4ccc5c(c4)OCCO5)nn23)cc1.